The lowest BCUT2D eigenvalue weighted by molar-refractivity contribution is 0.632. The standard InChI is InChI=1S/C34H27N3/c1-34(2)27-14-6-9-17-30(27)36(31-18-10-7-15-28(31)34)26-22-20-24(21-23-26)33-35-29-16-8-11-19-32(29)37(33)25-12-4-3-5-13-25/h3-23H,1-2H3. The van der Waals surface area contributed by atoms with E-state index < -0.39 is 0 Å². The Morgan fingerprint density at radius 2 is 1.11 bits per heavy atom. The molecule has 5 aromatic carbocycles. The Balaban J connectivity index is 1.38. The fourth-order valence-electron chi connectivity index (χ4n) is 5.76. The number of imidazole rings is 1. The summed E-state index contributed by atoms with van der Waals surface area (Å²) in [5.41, 5.74) is 10.5. The van der Waals surface area contributed by atoms with Gasteiger partial charge >= 0.3 is 0 Å². The van der Waals surface area contributed by atoms with E-state index in [4.69, 9.17) is 4.98 Å². The van der Waals surface area contributed by atoms with E-state index in [0.717, 1.165) is 33.8 Å². The highest BCUT2D eigenvalue weighted by Crippen LogP contribution is 2.51. The van der Waals surface area contributed by atoms with Gasteiger partial charge in [0.1, 0.15) is 5.82 Å². The second-order valence-corrected chi connectivity index (χ2v) is 10.1. The van der Waals surface area contributed by atoms with Crippen LogP contribution < -0.4 is 4.90 Å². The van der Waals surface area contributed by atoms with E-state index in [1.54, 1.807) is 0 Å². The van der Waals surface area contributed by atoms with Crippen molar-refractivity contribution in [2.24, 2.45) is 0 Å². The number of fused-ring (bicyclic) bond motifs is 3. The van der Waals surface area contributed by atoms with Crippen LogP contribution in [0, 0.1) is 0 Å². The Bertz CT molecular complexity index is 1690. The Labute approximate surface area is 217 Å². The Morgan fingerprint density at radius 1 is 0.541 bits per heavy atom. The van der Waals surface area contributed by atoms with Crippen LogP contribution in [0.4, 0.5) is 17.1 Å². The molecule has 1 aliphatic rings. The molecule has 0 aliphatic carbocycles. The first-order valence-electron chi connectivity index (χ1n) is 12.8. The molecule has 0 unspecified atom stereocenters. The average Bonchev–Trinajstić information content (AvgIpc) is 3.34. The maximum Gasteiger partial charge on any atom is 0.145 e. The molecular weight excluding hydrogens is 450 g/mol. The number of hydrogen-bond acceptors (Lipinski definition) is 2. The van der Waals surface area contributed by atoms with Gasteiger partial charge in [0.05, 0.1) is 22.4 Å². The number of hydrogen-bond donors (Lipinski definition) is 0. The van der Waals surface area contributed by atoms with Crippen molar-refractivity contribution in [3.63, 3.8) is 0 Å². The van der Waals surface area contributed by atoms with Gasteiger partial charge in [0, 0.05) is 22.4 Å². The molecule has 2 heterocycles. The van der Waals surface area contributed by atoms with E-state index in [2.05, 4.69) is 139 Å². The van der Waals surface area contributed by atoms with Crippen molar-refractivity contribution in [1.82, 2.24) is 9.55 Å². The monoisotopic (exact) mass is 477 g/mol. The van der Waals surface area contributed by atoms with Gasteiger partial charge in [-0.1, -0.05) is 80.6 Å². The molecule has 0 saturated carbocycles. The van der Waals surface area contributed by atoms with Gasteiger partial charge in [-0.3, -0.25) is 4.57 Å². The van der Waals surface area contributed by atoms with Gasteiger partial charge in [0.15, 0.2) is 0 Å². The molecule has 7 rings (SSSR count). The second kappa shape index (κ2) is 8.21. The van der Waals surface area contributed by atoms with Crippen molar-refractivity contribution in [3.8, 4) is 17.1 Å². The molecule has 0 N–H and O–H groups in total. The molecule has 0 saturated heterocycles. The Kier molecular flexibility index (Phi) is 4.80. The minimum atomic E-state index is -0.0653. The Morgan fingerprint density at radius 3 is 1.78 bits per heavy atom. The third-order valence-corrected chi connectivity index (χ3v) is 7.60. The summed E-state index contributed by atoms with van der Waals surface area (Å²) in [6.07, 6.45) is 0. The van der Waals surface area contributed by atoms with Crippen LogP contribution in [0.5, 0.6) is 0 Å². The first-order chi connectivity index (χ1) is 18.1. The lowest BCUT2D eigenvalue weighted by atomic mass is 9.73. The first kappa shape index (κ1) is 21.6. The maximum atomic E-state index is 5.04. The molecule has 0 atom stereocenters. The van der Waals surface area contributed by atoms with E-state index in [1.807, 2.05) is 12.1 Å². The van der Waals surface area contributed by atoms with Crippen LogP contribution in [0.2, 0.25) is 0 Å². The van der Waals surface area contributed by atoms with Gasteiger partial charge in [-0.2, -0.15) is 0 Å². The molecule has 6 aromatic rings. The predicted molar refractivity (Wildman–Crippen MR) is 153 cm³/mol. The van der Waals surface area contributed by atoms with Gasteiger partial charge in [-0.15, -0.1) is 0 Å². The predicted octanol–water partition coefficient (Wildman–Crippen LogP) is 8.80. The molecule has 3 heteroatoms. The van der Waals surface area contributed by atoms with E-state index in [-0.39, 0.29) is 5.41 Å². The minimum absolute atomic E-state index is 0.0653. The van der Waals surface area contributed by atoms with Crippen LogP contribution in [0.25, 0.3) is 28.1 Å². The largest absolute Gasteiger partial charge is 0.310 e. The summed E-state index contributed by atoms with van der Waals surface area (Å²) in [4.78, 5) is 7.43. The Hall–Kier alpha value is -4.63. The summed E-state index contributed by atoms with van der Waals surface area (Å²) < 4.78 is 2.25. The molecule has 0 spiro atoms. The van der Waals surface area contributed by atoms with E-state index in [0.29, 0.717) is 0 Å². The third kappa shape index (κ3) is 3.31. The maximum absolute atomic E-state index is 5.04. The fraction of sp³-hybridized carbons (Fsp3) is 0.0882. The number of para-hydroxylation sites is 5. The quantitative estimate of drug-likeness (QED) is 0.254. The molecule has 0 radical (unpaired) electrons. The molecule has 0 amide bonds. The van der Waals surface area contributed by atoms with Crippen LogP contribution >= 0.6 is 0 Å². The van der Waals surface area contributed by atoms with Crippen molar-refractivity contribution in [3.05, 3.63) is 139 Å². The highest BCUT2D eigenvalue weighted by atomic mass is 15.2. The normalized spacial score (nSPS) is 13.8. The summed E-state index contributed by atoms with van der Waals surface area (Å²) in [6, 6.07) is 45.2. The van der Waals surface area contributed by atoms with Gasteiger partial charge < -0.3 is 4.90 Å². The molecule has 1 aliphatic heterocycles. The molecule has 3 nitrogen and oxygen atoms in total. The lowest BCUT2D eigenvalue weighted by Crippen LogP contribution is -2.30. The van der Waals surface area contributed by atoms with E-state index >= 15 is 0 Å². The van der Waals surface area contributed by atoms with Crippen LogP contribution in [-0.2, 0) is 5.41 Å². The van der Waals surface area contributed by atoms with Crippen LogP contribution in [0.1, 0.15) is 25.0 Å². The molecule has 37 heavy (non-hydrogen) atoms. The molecule has 0 fully saturated rings. The van der Waals surface area contributed by atoms with Crippen molar-refractivity contribution < 1.29 is 0 Å². The van der Waals surface area contributed by atoms with Crippen LogP contribution in [0.3, 0.4) is 0 Å². The summed E-state index contributed by atoms with van der Waals surface area (Å²) in [6.45, 7) is 4.64. The highest BCUT2D eigenvalue weighted by molar-refractivity contribution is 5.87. The zero-order valence-electron chi connectivity index (χ0n) is 21.0. The zero-order valence-corrected chi connectivity index (χ0v) is 21.0. The van der Waals surface area contributed by atoms with Crippen LogP contribution in [-0.4, -0.2) is 9.55 Å². The molecule has 178 valence electrons. The van der Waals surface area contributed by atoms with Crippen LogP contribution in [0.15, 0.2) is 127 Å². The molecular formula is C34H27N3. The summed E-state index contributed by atoms with van der Waals surface area (Å²) in [5, 5.41) is 0. The van der Waals surface area contributed by atoms with Crippen molar-refractivity contribution in [1.29, 1.82) is 0 Å². The van der Waals surface area contributed by atoms with Crippen molar-refractivity contribution in [2.75, 3.05) is 4.90 Å². The number of anilines is 3. The van der Waals surface area contributed by atoms with Gasteiger partial charge in [0.2, 0.25) is 0 Å². The number of rotatable bonds is 3. The minimum Gasteiger partial charge on any atom is -0.310 e. The SMILES string of the molecule is CC1(C)c2ccccc2N(c2ccc(-c3nc4ccccc4n3-c3ccccc3)cc2)c2ccccc21. The summed E-state index contributed by atoms with van der Waals surface area (Å²) in [7, 11) is 0. The highest BCUT2D eigenvalue weighted by Gasteiger charge is 2.36. The number of aromatic nitrogens is 2. The summed E-state index contributed by atoms with van der Waals surface area (Å²) in [5.74, 6) is 0.944. The van der Waals surface area contributed by atoms with E-state index in [9.17, 15) is 0 Å². The average molecular weight is 478 g/mol. The second-order valence-electron chi connectivity index (χ2n) is 10.1. The molecule has 0 bridgehead atoms. The number of benzene rings is 5. The van der Waals surface area contributed by atoms with Crippen molar-refractivity contribution >= 4 is 28.1 Å². The topological polar surface area (TPSA) is 21.1 Å². The first-order valence-corrected chi connectivity index (χ1v) is 12.8. The zero-order chi connectivity index (χ0) is 25.0. The third-order valence-electron chi connectivity index (χ3n) is 7.60. The van der Waals surface area contributed by atoms with Gasteiger partial charge in [-0.25, -0.2) is 4.98 Å². The number of nitrogens with zero attached hydrogens (tertiary/aromatic N) is 3. The van der Waals surface area contributed by atoms with Gasteiger partial charge in [-0.05, 0) is 71.8 Å². The molecule has 1 aromatic heterocycles. The van der Waals surface area contributed by atoms with Gasteiger partial charge in [0.25, 0.3) is 0 Å². The fourth-order valence-corrected chi connectivity index (χ4v) is 5.76. The summed E-state index contributed by atoms with van der Waals surface area (Å²) >= 11 is 0. The van der Waals surface area contributed by atoms with Crippen molar-refractivity contribution in [2.45, 2.75) is 19.3 Å². The smallest absolute Gasteiger partial charge is 0.145 e. The van der Waals surface area contributed by atoms with E-state index in [1.165, 1.54) is 22.5 Å². The lowest BCUT2D eigenvalue weighted by Gasteiger charge is -2.42.